The van der Waals surface area contributed by atoms with E-state index >= 15 is 0 Å². The summed E-state index contributed by atoms with van der Waals surface area (Å²) >= 11 is 0. The van der Waals surface area contributed by atoms with E-state index in [1.807, 2.05) is 54.6 Å². The number of amides is 1. The summed E-state index contributed by atoms with van der Waals surface area (Å²) in [5, 5.41) is 0. The quantitative estimate of drug-likeness (QED) is 0.639. The van der Waals surface area contributed by atoms with Gasteiger partial charge in [0.2, 0.25) is 0 Å². The number of hydrogen-bond donors (Lipinski definition) is 0. The van der Waals surface area contributed by atoms with Crippen LogP contribution in [0, 0.1) is 0 Å². The average Bonchev–Trinajstić information content (AvgIpc) is 2.74. The molecule has 0 N–H and O–H groups in total. The first kappa shape index (κ1) is 18.5. The van der Waals surface area contributed by atoms with Crippen LogP contribution in [0.4, 0.5) is 0 Å². The SMILES string of the molecule is COc1ccc(CN(Cc2ccc(OC)cc2)C(=O)c2ccccn2)cc1. The Bertz CT molecular complexity index is 813. The first-order valence-corrected chi connectivity index (χ1v) is 8.66. The molecule has 3 aromatic rings. The Kier molecular flexibility index (Phi) is 6.05. The highest BCUT2D eigenvalue weighted by Crippen LogP contribution is 2.18. The first-order chi connectivity index (χ1) is 13.2. The number of carbonyl (C=O) groups is 1. The van der Waals surface area contributed by atoms with Crippen molar-refractivity contribution in [2.45, 2.75) is 13.1 Å². The van der Waals surface area contributed by atoms with Crippen molar-refractivity contribution in [3.05, 3.63) is 89.7 Å². The molecule has 0 radical (unpaired) electrons. The second kappa shape index (κ2) is 8.85. The van der Waals surface area contributed by atoms with Crippen molar-refractivity contribution in [1.82, 2.24) is 9.88 Å². The lowest BCUT2D eigenvalue weighted by Gasteiger charge is -2.23. The predicted molar refractivity (Wildman–Crippen MR) is 104 cm³/mol. The molecule has 0 saturated carbocycles. The Balaban J connectivity index is 1.83. The molecule has 1 aromatic heterocycles. The molecule has 0 spiro atoms. The molecule has 1 heterocycles. The topological polar surface area (TPSA) is 51.7 Å². The lowest BCUT2D eigenvalue weighted by atomic mass is 10.1. The standard InChI is InChI=1S/C22H22N2O3/c1-26-19-10-6-17(7-11-19)15-24(22(25)21-5-3-4-14-23-21)16-18-8-12-20(27-2)13-9-18/h3-14H,15-16H2,1-2H3. The van der Waals surface area contributed by atoms with Gasteiger partial charge < -0.3 is 14.4 Å². The van der Waals surface area contributed by atoms with Crippen molar-refractivity contribution in [3.8, 4) is 11.5 Å². The Labute approximate surface area is 159 Å². The van der Waals surface area contributed by atoms with E-state index < -0.39 is 0 Å². The third-order valence-corrected chi connectivity index (χ3v) is 4.24. The van der Waals surface area contributed by atoms with Crippen LogP contribution in [0.15, 0.2) is 72.9 Å². The summed E-state index contributed by atoms with van der Waals surface area (Å²) in [4.78, 5) is 19.0. The fourth-order valence-electron chi connectivity index (χ4n) is 2.75. The number of methoxy groups -OCH3 is 2. The van der Waals surface area contributed by atoms with Gasteiger partial charge in [-0.05, 0) is 47.5 Å². The van der Waals surface area contributed by atoms with Crippen molar-refractivity contribution in [3.63, 3.8) is 0 Å². The Morgan fingerprint density at radius 3 is 1.74 bits per heavy atom. The van der Waals surface area contributed by atoms with Gasteiger partial charge >= 0.3 is 0 Å². The largest absolute Gasteiger partial charge is 0.497 e. The smallest absolute Gasteiger partial charge is 0.273 e. The molecule has 0 aliphatic rings. The zero-order valence-corrected chi connectivity index (χ0v) is 15.5. The van der Waals surface area contributed by atoms with Crippen LogP contribution in [-0.4, -0.2) is 30.0 Å². The monoisotopic (exact) mass is 362 g/mol. The zero-order valence-electron chi connectivity index (χ0n) is 15.5. The van der Waals surface area contributed by atoms with E-state index in [0.29, 0.717) is 18.8 Å². The van der Waals surface area contributed by atoms with Crippen molar-refractivity contribution in [2.75, 3.05) is 14.2 Å². The zero-order chi connectivity index (χ0) is 19.1. The maximum atomic E-state index is 13.0. The van der Waals surface area contributed by atoms with Crippen molar-refractivity contribution >= 4 is 5.91 Å². The second-order valence-corrected chi connectivity index (χ2v) is 6.07. The fourth-order valence-corrected chi connectivity index (χ4v) is 2.75. The van der Waals surface area contributed by atoms with Crippen molar-refractivity contribution in [2.24, 2.45) is 0 Å². The molecular weight excluding hydrogens is 340 g/mol. The number of nitrogens with zero attached hydrogens (tertiary/aromatic N) is 2. The molecule has 0 atom stereocenters. The van der Waals surface area contributed by atoms with E-state index in [1.54, 1.807) is 37.4 Å². The van der Waals surface area contributed by atoms with E-state index in [1.165, 1.54) is 0 Å². The summed E-state index contributed by atoms with van der Waals surface area (Å²) in [7, 11) is 3.27. The Hall–Kier alpha value is -3.34. The Morgan fingerprint density at radius 2 is 1.33 bits per heavy atom. The summed E-state index contributed by atoms with van der Waals surface area (Å²) in [5.41, 5.74) is 2.47. The fraction of sp³-hybridized carbons (Fsp3) is 0.182. The first-order valence-electron chi connectivity index (χ1n) is 8.66. The van der Waals surface area contributed by atoms with E-state index in [9.17, 15) is 4.79 Å². The van der Waals surface area contributed by atoms with E-state index in [-0.39, 0.29) is 5.91 Å². The molecule has 0 bridgehead atoms. The molecule has 5 heteroatoms. The summed E-state index contributed by atoms with van der Waals surface area (Å²) in [6.45, 7) is 0.955. The minimum atomic E-state index is -0.109. The predicted octanol–water partition coefficient (Wildman–Crippen LogP) is 3.94. The van der Waals surface area contributed by atoms with E-state index in [0.717, 1.165) is 22.6 Å². The number of hydrogen-bond acceptors (Lipinski definition) is 4. The summed E-state index contributed by atoms with van der Waals surface area (Å²) < 4.78 is 10.4. The van der Waals surface area contributed by atoms with Crippen LogP contribution >= 0.6 is 0 Å². The number of carbonyl (C=O) groups excluding carboxylic acids is 1. The average molecular weight is 362 g/mol. The number of pyridine rings is 1. The second-order valence-electron chi connectivity index (χ2n) is 6.07. The van der Waals surface area contributed by atoms with Gasteiger partial charge in [0.05, 0.1) is 14.2 Å². The van der Waals surface area contributed by atoms with Gasteiger partial charge in [-0.25, -0.2) is 0 Å². The molecule has 2 aromatic carbocycles. The highest BCUT2D eigenvalue weighted by atomic mass is 16.5. The van der Waals surface area contributed by atoms with Gasteiger partial charge in [-0.3, -0.25) is 9.78 Å². The lowest BCUT2D eigenvalue weighted by Crippen LogP contribution is -2.30. The number of benzene rings is 2. The minimum Gasteiger partial charge on any atom is -0.497 e. The van der Waals surface area contributed by atoms with Crippen LogP contribution in [0.25, 0.3) is 0 Å². The van der Waals surface area contributed by atoms with Crippen LogP contribution in [-0.2, 0) is 13.1 Å². The van der Waals surface area contributed by atoms with E-state index in [4.69, 9.17) is 9.47 Å². The third-order valence-electron chi connectivity index (χ3n) is 4.24. The highest BCUT2D eigenvalue weighted by Gasteiger charge is 2.18. The molecule has 5 nitrogen and oxygen atoms in total. The maximum absolute atomic E-state index is 13.0. The number of ether oxygens (including phenoxy) is 2. The molecule has 3 rings (SSSR count). The van der Waals surface area contributed by atoms with Gasteiger partial charge in [0, 0.05) is 19.3 Å². The summed E-state index contributed by atoms with van der Waals surface area (Å²) in [6.07, 6.45) is 1.63. The number of rotatable bonds is 7. The number of aromatic nitrogens is 1. The van der Waals surface area contributed by atoms with Crippen molar-refractivity contribution in [1.29, 1.82) is 0 Å². The molecular formula is C22H22N2O3. The molecule has 0 saturated heterocycles. The molecule has 0 aliphatic heterocycles. The summed E-state index contributed by atoms with van der Waals surface area (Å²) in [5.74, 6) is 1.47. The minimum absolute atomic E-state index is 0.109. The molecule has 138 valence electrons. The molecule has 27 heavy (non-hydrogen) atoms. The third kappa shape index (κ3) is 4.85. The van der Waals surface area contributed by atoms with Gasteiger partial charge in [0.15, 0.2) is 0 Å². The van der Waals surface area contributed by atoms with Crippen LogP contribution < -0.4 is 9.47 Å². The highest BCUT2D eigenvalue weighted by molar-refractivity contribution is 5.92. The van der Waals surface area contributed by atoms with Crippen LogP contribution in [0.5, 0.6) is 11.5 Å². The van der Waals surface area contributed by atoms with Crippen LogP contribution in [0.2, 0.25) is 0 Å². The molecule has 0 fully saturated rings. The van der Waals surface area contributed by atoms with Gasteiger partial charge in [-0.15, -0.1) is 0 Å². The molecule has 1 amide bonds. The van der Waals surface area contributed by atoms with Gasteiger partial charge in [-0.2, -0.15) is 0 Å². The van der Waals surface area contributed by atoms with E-state index in [2.05, 4.69) is 4.98 Å². The normalized spacial score (nSPS) is 10.3. The van der Waals surface area contributed by atoms with Crippen LogP contribution in [0.3, 0.4) is 0 Å². The van der Waals surface area contributed by atoms with Crippen molar-refractivity contribution < 1.29 is 14.3 Å². The lowest BCUT2D eigenvalue weighted by molar-refractivity contribution is 0.0724. The molecule has 0 unspecified atom stereocenters. The van der Waals surface area contributed by atoms with Gasteiger partial charge in [0.25, 0.3) is 5.91 Å². The molecule has 0 aliphatic carbocycles. The van der Waals surface area contributed by atoms with Crippen LogP contribution in [0.1, 0.15) is 21.6 Å². The Morgan fingerprint density at radius 1 is 0.815 bits per heavy atom. The summed E-state index contributed by atoms with van der Waals surface area (Å²) in [6, 6.07) is 20.8. The van der Waals surface area contributed by atoms with Gasteiger partial charge in [0.1, 0.15) is 17.2 Å². The van der Waals surface area contributed by atoms with Gasteiger partial charge in [-0.1, -0.05) is 30.3 Å². The maximum Gasteiger partial charge on any atom is 0.273 e.